The Morgan fingerprint density at radius 1 is 0.792 bits per heavy atom. The monoisotopic (exact) mass is 320 g/mol. The van der Waals surface area contributed by atoms with E-state index in [2.05, 4.69) is 10.6 Å². The summed E-state index contributed by atoms with van der Waals surface area (Å²) in [5, 5.41) is 15.9. The average molecular weight is 320 g/mol. The molecule has 0 radical (unpaired) electrons. The van der Waals surface area contributed by atoms with E-state index in [9.17, 15) is 5.11 Å². The largest absolute Gasteiger partial charge is 0.508 e. The van der Waals surface area contributed by atoms with Gasteiger partial charge in [-0.15, -0.1) is 0 Å². The molecular weight excluding hydrogens is 300 g/mol. The van der Waals surface area contributed by atoms with Crippen molar-refractivity contribution in [2.75, 3.05) is 22.1 Å². The number of aromatic hydroxyl groups is 1. The molecular formula is C19H20N4O. The van der Waals surface area contributed by atoms with E-state index in [1.807, 2.05) is 36.4 Å². The van der Waals surface area contributed by atoms with E-state index in [1.54, 1.807) is 30.3 Å². The highest BCUT2D eigenvalue weighted by molar-refractivity contribution is 5.77. The second kappa shape index (κ2) is 6.83. The SMILES string of the molecule is Nc1cc(N)c(Nc2ccc(O)cc2)cc1CNc1ccccc1. The zero-order chi connectivity index (χ0) is 16.9. The van der Waals surface area contributed by atoms with Crippen LogP contribution in [0.5, 0.6) is 5.75 Å². The first-order valence-electron chi connectivity index (χ1n) is 7.64. The second-order valence-electron chi connectivity index (χ2n) is 5.53. The standard InChI is InChI=1S/C19H20N4O/c20-17-11-18(21)19(23-15-6-8-16(24)9-7-15)10-13(17)12-22-14-4-2-1-3-5-14/h1-11,22-24H,12,20-21H2. The molecule has 0 spiro atoms. The van der Waals surface area contributed by atoms with E-state index in [0.29, 0.717) is 17.9 Å². The van der Waals surface area contributed by atoms with Gasteiger partial charge >= 0.3 is 0 Å². The molecule has 0 saturated heterocycles. The van der Waals surface area contributed by atoms with Crippen LogP contribution >= 0.6 is 0 Å². The molecule has 0 amide bonds. The molecule has 0 heterocycles. The molecule has 0 atom stereocenters. The van der Waals surface area contributed by atoms with Crippen LogP contribution in [0.4, 0.5) is 28.4 Å². The number of nitrogens with two attached hydrogens (primary N) is 2. The van der Waals surface area contributed by atoms with E-state index in [-0.39, 0.29) is 5.75 Å². The Morgan fingerprint density at radius 3 is 2.21 bits per heavy atom. The van der Waals surface area contributed by atoms with E-state index < -0.39 is 0 Å². The molecule has 0 aliphatic heterocycles. The molecule has 0 unspecified atom stereocenters. The zero-order valence-electron chi connectivity index (χ0n) is 13.2. The Kier molecular flexibility index (Phi) is 4.43. The van der Waals surface area contributed by atoms with Gasteiger partial charge < -0.3 is 27.2 Å². The first kappa shape index (κ1) is 15.6. The van der Waals surface area contributed by atoms with Gasteiger partial charge in [0.2, 0.25) is 0 Å². The van der Waals surface area contributed by atoms with Crippen molar-refractivity contribution in [3.63, 3.8) is 0 Å². The summed E-state index contributed by atoms with van der Waals surface area (Å²) in [5.74, 6) is 0.221. The van der Waals surface area contributed by atoms with Crippen LogP contribution in [0.1, 0.15) is 5.56 Å². The zero-order valence-corrected chi connectivity index (χ0v) is 13.2. The summed E-state index contributed by atoms with van der Waals surface area (Å²) < 4.78 is 0. The minimum absolute atomic E-state index is 0.221. The fourth-order valence-corrected chi connectivity index (χ4v) is 2.39. The maximum Gasteiger partial charge on any atom is 0.115 e. The van der Waals surface area contributed by atoms with Gasteiger partial charge in [0.25, 0.3) is 0 Å². The van der Waals surface area contributed by atoms with E-state index in [4.69, 9.17) is 11.5 Å². The van der Waals surface area contributed by atoms with E-state index >= 15 is 0 Å². The predicted molar refractivity (Wildman–Crippen MR) is 100 cm³/mol. The number of phenols is 1. The number of phenolic OH excluding ortho intramolecular Hbond substituents is 1. The number of benzene rings is 3. The lowest BCUT2D eigenvalue weighted by Gasteiger charge is -2.15. The van der Waals surface area contributed by atoms with Crippen molar-refractivity contribution in [3.8, 4) is 5.75 Å². The highest BCUT2D eigenvalue weighted by Gasteiger charge is 2.07. The molecule has 0 aromatic heterocycles. The molecule has 0 saturated carbocycles. The van der Waals surface area contributed by atoms with Crippen molar-refractivity contribution >= 4 is 28.4 Å². The van der Waals surface area contributed by atoms with Crippen LogP contribution in [0.15, 0.2) is 66.7 Å². The third kappa shape index (κ3) is 3.70. The smallest absolute Gasteiger partial charge is 0.115 e. The van der Waals surface area contributed by atoms with Gasteiger partial charge in [-0.2, -0.15) is 0 Å². The van der Waals surface area contributed by atoms with Crippen LogP contribution in [0, 0.1) is 0 Å². The molecule has 0 aliphatic rings. The van der Waals surface area contributed by atoms with Gasteiger partial charge in [0, 0.05) is 23.6 Å². The number of nitrogens with one attached hydrogen (secondary N) is 2. The van der Waals surface area contributed by atoms with Gasteiger partial charge in [0.05, 0.1) is 11.4 Å². The number of para-hydroxylation sites is 1. The van der Waals surface area contributed by atoms with E-state index in [1.165, 1.54) is 0 Å². The van der Waals surface area contributed by atoms with Crippen LogP contribution in [0.2, 0.25) is 0 Å². The summed E-state index contributed by atoms with van der Waals surface area (Å²) in [7, 11) is 0. The summed E-state index contributed by atoms with van der Waals surface area (Å²) in [6, 6.07) is 20.4. The quantitative estimate of drug-likeness (QED) is 0.363. The maximum absolute atomic E-state index is 9.36. The first-order valence-corrected chi connectivity index (χ1v) is 7.64. The number of rotatable bonds is 5. The Labute approximate surface area is 140 Å². The van der Waals surface area contributed by atoms with E-state index in [0.717, 1.165) is 22.6 Å². The Bertz CT molecular complexity index is 817. The third-order valence-corrected chi connectivity index (χ3v) is 3.71. The lowest BCUT2D eigenvalue weighted by molar-refractivity contribution is 0.475. The summed E-state index contributed by atoms with van der Waals surface area (Å²) in [4.78, 5) is 0. The van der Waals surface area contributed by atoms with Gasteiger partial charge in [0.15, 0.2) is 0 Å². The lowest BCUT2D eigenvalue weighted by Crippen LogP contribution is -2.06. The van der Waals surface area contributed by atoms with Crippen molar-refractivity contribution < 1.29 is 5.11 Å². The molecule has 7 N–H and O–H groups in total. The Morgan fingerprint density at radius 2 is 1.50 bits per heavy atom. The molecule has 3 rings (SSSR count). The van der Waals surface area contributed by atoms with Gasteiger partial charge in [-0.05, 0) is 54.1 Å². The normalized spacial score (nSPS) is 10.3. The molecule has 24 heavy (non-hydrogen) atoms. The molecule has 0 fully saturated rings. The van der Waals surface area contributed by atoms with Crippen LogP contribution < -0.4 is 22.1 Å². The highest BCUT2D eigenvalue weighted by atomic mass is 16.3. The summed E-state index contributed by atoms with van der Waals surface area (Å²) in [6.07, 6.45) is 0. The number of anilines is 5. The van der Waals surface area contributed by atoms with Crippen LogP contribution in [0.3, 0.4) is 0 Å². The first-order chi connectivity index (χ1) is 11.6. The number of hydrogen-bond donors (Lipinski definition) is 5. The second-order valence-corrected chi connectivity index (χ2v) is 5.53. The fourth-order valence-electron chi connectivity index (χ4n) is 2.39. The molecule has 3 aromatic carbocycles. The van der Waals surface area contributed by atoms with Gasteiger partial charge in [0.1, 0.15) is 5.75 Å². The minimum Gasteiger partial charge on any atom is -0.508 e. The van der Waals surface area contributed by atoms with Crippen LogP contribution in [-0.2, 0) is 6.54 Å². The van der Waals surface area contributed by atoms with Crippen molar-refractivity contribution in [2.45, 2.75) is 6.54 Å². The topological polar surface area (TPSA) is 96.3 Å². The van der Waals surface area contributed by atoms with Crippen molar-refractivity contribution in [1.82, 2.24) is 0 Å². The van der Waals surface area contributed by atoms with Crippen molar-refractivity contribution in [2.24, 2.45) is 0 Å². The summed E-state index contributed by atoms with van der Waals surface area (Å²) in [6.45, 7) is 0.598. The molecule has 3 aromatic rings. The van der Waals surface area contributed by atoms with Crippen molar-refractivity contribution in [3.05, 3.63) is 72.3 Å². The minimum atomic E-state index is 0.221. The predicted octanol–water partition coefficient (Wildman–Crippen LogP) is 3.91. The molecule has 5 nitrogen and oxygen atoms in total. The number of nitrogen functional groups attached to an aromatic ring is 2. The van der Waals surface area contributed by atoms with Crippen molar-refractivity contribution in [1.29, 1.82) is 0 Å². The third-order valence-electron chi connectivity index (χ3n) is 3.71. The Hall–Kier alpha value is -3.34. The molecule has 122 valence electrons. The molecule has 0 bridgehead atoms. The number of hydrogen-bond acceptors (Lipinski definition) is 5. The summed E-state index contributed by atoms with van der Waals surface area (Å²) >= 11 is 0. The molecule has 0 aliphatic carbocycles. The lowest BCUT2D eigenvalue weighted by atomic mass is 10.1. The average Bonchev–Trinajstić information content (AvgIpc) is 2.59. The Balaban J connectivity index is 1.79. The highest BCUT2D eigenvalue weighted by Crippen LogP contribution is 2.29. The molecule has 5 heteroatoms. The summed E-state index contributed by atoms with van der Waals surface area (Å²) in [5.41, 5.74) is 17.0. The van der Waals surface area contributed by atoms with Crippen LogP contribution in [0.25, 0.3) is 0 Å². The van der Waals surface area contributed by atoms with Gasteiger partial charge in [-0.1, -0.05) is 18.2 Å². The fraction of sp³-hybridized carbons (Fsp3) is 0.0526. The van der Waals surface area contributed by atoms with Gasteiger partial charge in [-0.25, -0.2) is 0 Å². The maximum atomic E-state index is 9.36. The van der Waals surface area contributed by atoms with Crippen LogP contribution in [-0.4, -0.2) is 5.11 Å². The van der Waals surface area contributed by atoms with Gasteiger partial charge in [-0.3, -0.25) is 0 Å².